The number of aromatic amines is 1. The summed E-state index contributed by atoms with van der Waals surface area (Å²) in [5.74, 6) is -0.207. The van der Waals surface area contributed by atoms with Gasteiger partial charge >= 0.3 is 0 Å². The maximum atomic E-state index is 12.5. The zero-order chi connectivity index (χ0) is 16.2. The number of carbonyl (C=O) groups is 2. The van der Waals surface area contributed by atoms with Crippen LogP contribution in [0.15, 0.2) is 41.0 Å². The van der Waals surface area contributed by atoms with Crippen molar-refractivity contribution in [2.75, 3.05) is 18.4 Å². The van der Waals surface area contributed by atoms with Gasteiger partial charge in [0.1, 0.15) is 5.69 Å². The molecule has 0 bridgehead atoms. The molecule has 0 unspecified atom stereocenters. The van der Waals surface area contributed by atoms with Gasteiger partial charge in [-0.2, -0.15) is 0 Å². The first-order chi connectivity index (χ1) is 11.1. The lowest BCUT2D eigenvalue weighted by Crippen LogP contribution is -2.35. The molecule has 120 valence electrons. The minimum atomic E-state index is -0.238. The van der Waals surface area contributed by atoms with Crippen LogP contribution in [0.1, 0.15) is 40.1 Å². The number of carbonyl (C=O) groups excluding carboxylic acids is 2. The molecule has 2 heterocycles. The fourth-order valence-electron chi connectivity index (χ4n) is 2.71. The van der Waals surface area contributed by atoms with Crippen molar-refractivity contribution < 1.29 is 9.59 Å². The number of halogens is 1. The molecule has 1 aliphatic rings. The van der Waals surface area contributed by atoms with Crippen molar-refractivity contribution in [3.63, 3.8) is 0 Å². The summed E-state index contributed by atoms with van der Waals surface area (Å²) in [7, 11) is 0. The Morgan fingerprint density at radius 1 is 1.13 bits per heavy atom. The van der Waals surface area contributed by atoms with E-state index < -0.39 is 0 Å². The number of rotatable bonds is 3. The molecular weight excluding hydrogens is 358 g/mol. The number of piperidine rings is 1. The molecule has 23 heavy (non-hydrogen) atoms. The van der Waals surface area contributed by atoms with Crippen molar-refractivity contribution in [3.8, 4) is 0 Å². The Bertz CT molecular complexity index is 720. The number of aromatic nitrogens is 1. The van der Waals surface area contributed by atoms with Crippen molar-refractivity contribution in [2.24, 2.45) is 0 Å². The first-order valence-electron chi connectivity index (χ1n) is 7.68. The van der Waals surface area contributed by atoms with Crippen molar-refractivity contribution in [2.45, 2.75) is 19.3 Å². The number of amides is 2. The highest BCUT2D eigenvalue weighted by Gasteiger charge is 2.18. The largest absolute Gasteiger partial charge is 0.356 e. The van der Waals surface area contributed by atoms with Gasteiger partial charge in [0, 0.05) is 35.0 Å². The van der Waals surface area contributed by atoms with Crippen LogP contribution in [0.5, 0.6) is 0 Å². The summed E-state index contributed by atoms with van der Waals surface area (Å²) in [5.41, 5.74) is 1.69. The molecule has 0 atom stereocenters. The summed E-state index contributed by atoms with van der Waals surface area (Å²) in [4.78, 5) is 29.4. The Morgan fingerprint density at radius 3 is 2.61 bits per heavy atom. The Balaban J connectivity index is 1.71. The molecule has 1 aromatic carbocycles. The standard InChI is InChI=1S/C17H18BrN3O2/c18-13-10-15(19-11-13)16(22)20-14-6-4-5-12(9-14)17(23)21-7-2-1-3-8-21/h4-6,9-11,19H,1-3,7-8H2,(H,20,22). The number of hydrogen-bond acceptors (Lipinski definition) is 2. The van der Waals surface area contributed by atoms with Crippen LogP contribution < -0.4 is 5.32 Å². The zero-order valence-electron chi connectivity index (χ0n) is 12.6. The third-order valence-electron chi connectivity index (χ3n) is 3.90. The molecule has 6 heteroatoms. The third-order valence-corrected chi connectivity index (χ3v) is 4.36. The van der Waals surface area contributed by atoms with E-state index in [1.807, 2.05) is 4.90 Å². The Labute approximate surface area is 143 Å². The topological polar surface area (TPSA) is 65.2 Å². The Kier molecular flexibility index (Phi) is 4.81. The number of nitrogens with zero attached hydrogens (tertiary/aromatic N) is 1. The van der Waals surface area contributed by atoms with E-state index in [0.29, 0.717) is 16.9 Å². The fourth-order valence-corrected chi connectivity index (χ4v) is 3.05. The van der Waals surface area contributed by atoms with Crippen LogP contribution >= 0.6 is 15.9 Å². The van der Waals surface area contributed by atoms with Crippen LogP contribution in [0, 0.1) is 0 Å². The Hall–Kier alpha value is -2.08. The summed E-state index contributed by atoms with van der Waals surface area (Å²) >= 11 is 3.30. The molecular formula is C17H18BrN3O2. The molecule has 0 saturated carbocycles. The molecule has 0 spiro atoms. The summed E-state index contributed by atoms with van der Waals surface area (Å²) < 4.78 is 0.816. The maximum absolute atomic E-state index is 12.5. The molecule has 0 radical (unpaired) electrons. The predicted molar refractivity (Wildman–Crippen MR) is 92.6 cm³/mol. The van der Waals surface area contributed by atoms with Gasteiger partial charge in [0.05, 0.1) is 0 Å². The highest BCUT2D eigenvalue weighted by Crippen LogP contribution is 2.17. The number of anilines is 1. The van der Waals surface area contributed by atoms with Crippen LogP contribution in [0.25, 0.3) is 0 Å². The summed E-state index contributed by atoms with van der Waals surface area (Å²) in [6.45, 7) is 1.62. The van der Waals surface area contributed by atoms with Crippen molar-refractivity contribution in [1.29, 1.82) is 0 Å². The number of nitrogens with one attached hydrogen (secondary N) is 2. The molecule has 0 aliphatic carbocycles. The van der Waals surface area contributed by atoms with Crippen LogP contribution in [0.2, 0.25) is 0 Å². The SMILES string of the molecule is O=C(Nc1cccc(C(=O)N2CCCCC2)c1)c1cc(Br)c[nH]1. The number of benzene rings is 1. The maximum Gasteiger partial charge on any atom is 0.272 e. The van der Waals surface area contributed by atoms with E-state index in [2.05, 4.69) is 26.2 Å². The average molecular weight is 376 g/mol. The Morgan fingerprint density at radius 2 is 1.91 bits per heavy atom. The quantitative estimate of drug-likeness (QED) is 0.859. The average Bonchev–Trinajstić information content (AvgIpc) is 3.02. The molecule has 2 aromatic rings. The van der Waals surface area contributed by atoms with Crippen LogP contribution in [-0.4, -0.2) is 34.8 Å². The molecule has 1 saturated heterocycles. The van der Waals surface area contributed by atoms with E-state index in [9.17, 15) is 9.59 Å². The van der Waals surface area contributed by atoms with Gasteiger partial charge in [-0.15, -0.1) is 0 Å². The second-order valence-corrected chi connectivity index (χ2v) is 6.54. The highest BCUT2D eigenvalue weighted by atomic mass is 79.9. The number of likely N-dealkylation sites (tertiary alicyclic amines) is 1. The summed E-state index contributed by atoms with van der Waals surface area (Å²) in [6, 6.07) is 8.79. The van der Waals surface area contributed by atoms with Gasteiger partial charge in [0.15, 0.2) is 0 Å². The summed E-state index contributed by atoms with van der Waals surface area (Å²) in [5, 5.41) is 2.81. The molecule has 1 fully saturated rings. The van der Waals surface area contributed by atoms with E-state index in [1.54, 1.807) is 36.5 Å². The molecule has 2 amide bonds. The fraction of sp³-hybridized carbons (Fsp3) is 0.294. The van der Waals surface area contributed by atoms with Crippen molar-refractivity contribution >= 4 is 33.4 Å². The third kappa shape index (κ3) is 3.82. The van der Waals surface area contributed by atoms with Gasteiger partial charge in [-0.3, -0.25) is 9.59 Å². The van der Waals surface area contributed by atoms with Gasteiger partial charge in [-0.05, 0) is 59.5 Å². The van der Waals surface area contributed by atoms with Gasteiger partial charge in [-0.1, -0.05) is 6.07 Å². The van der Waals surface area contributed by atoms with Gasteiger partial charge < -0.3 is 15.2 Å². The molecule has 2 N–H and O–H groups in total. The lowest BCUT2D eigenvalue weighted by molar-refractivity contribution is 0.0724. The van der Waals surface area contributed by atoms with Crippen LogP contribution in [0.3, 0.4) is 0 Å². The molecule has 1 aromatic heterocycles. The normalized spacial score (nSPS) is 14.6. The van der Waals surface area contributed by atoms with E-state index in [0.717, 1.165) is 30.4 Å². The lowest BCUT2D eigenvalue weighted by Gasteiger charge is -2.26. The zero-order valence-corrected chi connectivity index (χ0v) is 14.2. The van der Waals surface area contributed by atoms with Gasteiger partial charge in [-0.25, -0.2) is 0 Å². The second kappa shape index (κ2) is 7.00. The molecule has 1 aliphatic heterocycles. The van der Waals surface area contributed by atoms with E-state index in [-0.39, 0.29) is 11.8 Å². The molecule has 5 nitrogen and oxygen atoms in total. The van der Waals surface area contributed by atoms with Crippen molar-refractivity contribution in [1.82, 2.24) is 9.88 Å². The van der Waals surface area contributed by atoms with Gasteiger partial charge in [0.2, 0.25) is 0 Å². The summed E-state index contributed by atoms with van der Waals surface area (Å²) in [6.07, 6.45) is 5.00. The van der Waals surface area contributed by atoms with E-state index in [1.165, 1.54) is 6.42 Å². The minimum absolute atomic E-state index is 0.0309. The smallest absolute Gasteiger partial charge is 0.272 e. The van der Waals surface area contributed by atoms with Crippen LogP contribution in [0.4, 0.5) is 5.69 Å². The number of hydrogen-bond donors (Lipinski definition) is 2. The molecule has 3 rings (SSSR count). The second-order valence-electron chi connectivity index (χ2n) is 5.62. The van der Waals surface area contributed by atoms with Crippen molar-refractivity contribution in [3.05, 3.63) is 52.3 Å². The number of H-pyrrole nitrogens is 1. The van der Waals surface area contributed by atoms with Gasteiger partial charge in [0.25, 0.3) is 11.8 Å². The van der Waals surface area contributed by atoms with E-state index >= 15 is 0 Å². The first kappa shape index (κ1) is 15.8. The first-order valence-corrected chi connectivity index (χ1v) is 8.47. The monoisotopic (exact) mass is 375 g/mol. The highest BCUT2D eigenvalue weighted by molar-refractivity contribution is 9.10. The predicted octanol–water partition coefficient (Wildman–Crippen LogP) is 3.66. The lowest BCUT2D eigenvalue weighted by atomic mass is 10.1. The van der Waals surface area contributed by atoms with E-state index in [4.69, 9.17) is 0 Å². The van der Waals surface area contributed by atoms with Crippen LogP contribution in [-0.2, 0) is 0 Å². The minimum Gasteiger partial charge on any atom is -0.356 e.